The van der Waals surface area contributed by atoms with Crippen LogP contribution in [0.3, 0.4) is 0 Å². The van der Waals surface area contributed by atoms with Crippen molar-refractivity contribution in [3.8, 4) is 0 Å². The summed E-state index contributed by atoms with van der Waals surface area (Å²) in [6.45, 7) is 0. The van der Waals surface area contributed by atoms with Crippen molar-refractivity contribution >= 4 is 0 Å². The Morgan fingerprint density at radius 1 is 0.800 bits per heavy atom. The highest BCUT2D eigenvalue weighted by molar-refractivity contribution is 5.09. The molecule has 0 N–H and O–H groups in total. The third-order valence-electron chi connectivity index (χ3n) is 2.42. The predicted octanol–water partition coefficient (Wildman–Crippen LogP) is 3.71. The Kier molecular flexibility index (Phi) is 2.48. The molecule has 0 bridgehead atoms. The molecular weight excluding hydrogens is 236 g/mol. The third kappa shape index (κ3) is 1.48. The third-order valence-corrected chi connectivity index (χ3v) is 2.42. The largest absolute Gasteiger partial charge is 0.428 e. The molecule has 0 aromatic heterocycles. The standard InChI is InChI=1S/C7H6F8/c8-4(7(13,14)15)2-1-3-5(9,10)6(4,11)12/h1-3H2. The second kappa shape index (κ2) is 2.98. The van der Waals surface area contributed by atoms with E-state index in [9.17, 15) is 35.1 Å². The molecule has 1 rings (SSSR count). The molecule has 8 heteroatoms. The van der Waals surface area contributed by atoms with Gasteiger partial charge in [-0.1, -0.05) is 0 Å². The predicted molar refractivity (Wildman–Crippen MR) is 33.6 cm³/mol. The van der Waals surface area contributed by atoms with E-state index in [-0.39, 0.29) is 0 Å². The van der Waals surface area contributed by atoms with E-state index in [1.165, 1.54) is 0 Å². The smallest absolute Gasteiger partial charge is 0.227 e. The number of hydrogen-bond acceptors (Lipinski definition) is 0. The fourth-order valence-electron chi connectivity index (χ4n) is 1.48. The maximum Gasteiger partial charge on any atom is 0.428 e. The zero-order valence-corrected chi connectivity index (χ0v) is 7.15. The molecule has 0 aliphatic heterocycles. The van der Waals surface area contributed by atoms with Gasteiger partial charge in [0.25, 0.3) is 5.67 Å². The van der Waals surface area contributed by atoms with E-state index in [2.05, 4.69) is 0 Å². The Labute approximate surface area is 79.2 Å². The molecule has 0 aromatic rings. The lowest BCUT2D eigenvalue weighted by Gasteiger charge is -2.42. The lowest BCUT2D eigenvalue weighted by atomic mass is 9.79. The zero-order valence-electron chi connectivity index (χ0n) is 7.15. The van der Waals surface area contributed by atoms with E-state index in [0.717, 1.165) is 0 Å². The van der Waals surface area contributed by atoms with Crippen LogP contribution in [-0.4, -0.2) is 23.7 Å². The molecule has 0 amide bonds. The SMILES string of the molecule is FC(F)(F)C1(F)CCCC(F)(F)C1(F)F. The van der Waals surface area contributed by atoms with Crippen LogP contribution < -0.4 is 0 Å². The fourth-order valence-corrected chi connectivity index (χ4v) is 1.48. The van der Waals surface area contributed by atoms with Crippen LogP contribution in [0.2, 0.25) is 0 Å². The van der Waals surface area contributed by atoms with Gasteiger partial charge in [-0.15, -0.1) is 0 Å². The van der Waals surface area contributed by atoms with Crippen molar-refractivity contribution in [1.29, 1.82) is 0 Å². The molecule has 0 heterocycles. The Balaban J connectivity index is 3.20. The summed E-state index contributed by atoms with van der Waals surface area (Å²) < 4.78 is 99.3. The first kappa shape index (κ1) is 12.5. The Morgan fingerprint density at radius 3 is 1.60 bits per heavy atom. The van der Waals surface area contributed by atoms with E-state index in [0.29, 0.717) is 0 Å². The minimum atomic E-state index is -6.00. The zero-order chi connectivity index (χ0) is 12.1. The molecule has 90 valence electrons. The first-order valence-corrected chi connectivity index (χ1v) is 3.97. The van der Waals surface area contributed by atoms with E-state index in [1.54, 1.807) is 0 Å². The van der Waals surface area contributed by atoms with Crippen molar-refractivity contribution in [3.63, 3.8) is 0 Å². The molecule has 0 saturated heterocycles. The monoisotopic (exact) mass is 242 g/mol. The number of hydrogen-bond donors (Lipinski definition) is 0. The van der Waals surface area contributed by atoms with Crippen molar-refractivity contribution in [2.75, 3.05) is 0 Å². The first-order chi connectivity index (χ1) is 6.46. The van der Waals surface area contributed by atoms with Crippen molar-refractivity contribution in [3.05, 3.63) is 0 Å². The Bertz CT molecular complexity index is 254. The van der Waals surface area contributed by atoms with Crippen LogP contribution in [-0.2, 0) is 0 Å². The van der Waals surface area contributed by atoms with Gasteiger partial charge in [-0.05, 0) is 12.8 Å². The molecule has 0 radical (unpaired) electrons. The second-order valence-corrected chi connectivity index (χ2v) is 3.43. The van der Waals surface area contributed by atoms with Gasteiger partial charge in [-0.3, -0.25) is 0 Å². The quantitative estimate of drug-likeness (QED) is 0.568. The molecule has 1 unspecified atom stereocenters. The molecule has 15 heavy (non-hydrogen) atoms. The van der Waals surface area contributed by atoms with Crippen LogP contribution in [0, 0.1) is 0 Å². The maximum atomic E-state index is 13.0. The average Bonchev–Trinajstić information content (AvgIpc) is 1.98. The van der Waals surface area contributed by atoms with E-state index in [1.807, 2.05) is 0 Å². The summed E-state index contributed by atoms with van der Waals surface area (Å²) in [5, 5.41) is 0. The lowest BCUT2D eigenvalue weighted by Crippen LogP contribution is -2.65. The van der Waals surface area contributed by atoms with Crippen molar-refractivity contribution < 1.29 is 35.1 Å². The van der Waals surface area contributed by atoms with Gasteiger partial charge in [0.1, 0.15) is 0 Å². The second-order valence-electron chi connectivity index (χ2n) is 3.43. The van der Waals surface area contributed by atoms with Crippen LogP contribution >= 0.6 is 0 Å². The molecule has 1 atom stereocenters. The van der Waals surface area contributed by atoms with Crippen LogP contribution in [0.1, 0.15) is 19.3 Å². The number of rotatable bonds is 0. The molecule has 1 fully saturated rings. The minimum Gasteiger partial charge on any atom is -0.227 e. The summed E-state index contributed by atoms with van der Waals surface area (Å²) in [5.41, 5.74) is -5.14. The highest BCUT2D eigenvalue weighted by Crippen LogP contribution is 2.58. The number of halogens is 8. The van der Waals surface area contributed by atoms with Crippen molar-refractivity contribution in [1.82, 2.24) is 0 Å². The van der Waals surface area contributed by atoms with Gasteiger partial charge in [0.15, 0.2) is 0 Å². The van der Waals surface area contributed by atoms with E-state index >= 15 is 0 Å². The molecular formula is C7H6F8. The highest BCUT2D eigenvalue weighted by Gasteiger charge is 2.80. The molecule has 1 aliphatic carbocycles. The molecule has 1 saturated carbocycles. The Hall–Kier alpha value is -0.560. The molecule has 0 spiro atoms. The number of alkyl halides is 8. The van der Waals surface area contributed by atoms with Gasteiger partial charge < -0.3 is 0 Å². The average molecular weight is 242 g/mol. The summed E-state index contributed by atoms with van der Waals surface area (Å²) in [7, 11) is 0. The van der Waals surface area contributed by atoms with Crippen LogP contribution in [0.15, 0.2) is 0 Å². The first-order valence-electron chi connectivity index (χ1n) is 3.97. The summed E-state index contributed by atoms with van der Waals surface area (Å²) in [5.74, 6) is -10.7. The van der Waals surface area contributed by atoms with Gasteiger partial charge in [-0.2, -0.15) is 30.7 Å². The van der Waals surface area contributed by atoms with Crippen molar-refractivity contribution in [2.45, 2.75) is 43.0 Å². The van der Waals surface area contributed by atoms with Crippen molar-refractivity contribution in [2.24, 2.45) is 0 Å². The van der Waals surface area contributed by atoms with Crippen LogP contribution in [0.25, 0.3) is 0 Å². The van der Waals surface area contributed by atoms with Crippen LogP contribution in [0.4, 0.5) is 35.1 Å². The van der Waals surface area contributed by atoms with Gasteiger partial charge in [0.2, 0.25) is 0 Å². The summed E-state index contributed by atoms with van der Waals surface area (Å²) in [4.78, 5) is 0. The minimum absolute atomic E-state index is 0.932. The maximum absolute atomic E-state index is 13.0. The van der Waals surface area contributed by atoms with Gasteiger partial charge in [-0.25, -0.2) is 4.39 Å². The summed E-state index contributed by atoms with van der Waals surface area (Å²) in [6.07, 6.45) is -10.0. The molecule has 1 aliphatic rings. The normalized spacial score (nSPS) is 35.2. The summed E-state index contributed by atoms with van der Waals surface area (Å²) >= 11 is 0. The highest BCUT2D eigenvalue weighted by atomic mass is 19.4. The molecule has 0 nitrogen and oxygen atoms in total. The Morgan fingerprint density at radius 2 is 1.27 bits per heavy atom. The topological polar surface area (TPSA) is 0 Å². The van der Waals surface area contributed by atoms with Gasteiger partial charge in [0.05, 0.1) is 0 Å². The lowest BCUT2D eigenvalue weighted by molar-refractivity contribution is -0.368. The van der Waals surface area contributed by atoms with Gasteiger partial charge in [0, 0.05) is 6.42 Å². The summed E-state index contributed by atoms with van der Waals surface area (Å²) in [6, 6.07) is 0. The van der Waals surface area contributed by atoms with E-state index in [4.69, 9.17) is 0 Å². The van der Waals surface area contributed by atoms with Crippen LogP contribution in [0.5, 0.6) is 0 Å². The van der Waals surface area contributed by atoms with E-state index < -0.39 is 43.0 Å². The molecule has 0 aromatic carbocycles. The fraction of sp³-hybridized carbons (Fsp3) is 1.00. The van der Waals surface area contributed by atoms with Gasteiger partial charge >= 0.3 is 18.0 Å².